The quantitative estimate of drug-likeness (QED) is 0.911. The molecule has 19 heavy (non-hydrogen) atoms. The van der Waals surface area contributed by atoms with Gasteiger partial charge in [-0.2, -0.15) is 0 Å². The third-order valence-corrected chi connectivity index (χ3v) is 3.19. The number of aliphatic carboxylic acids is 1. The van der Waals surface area contributed by atoms with E-state index in [4.69, 9.17) is 0 Å². The molecule has 0 heterocycles. The van der Waals surface area contributed by atoms with Crippen LogP contribution < -0.4 is 0 Å². The van der Waals surface area contributed by atoms with Crippen molar-refractivity contribution in [2.24, 2.45) is 0 Å². The second kappa shape index (κ2) is 5.38. The highest BCUT2D eigenvalue weighted by Gasteiger charge is 2.37. The Morgan fingerprint density at radius 1 is 1.37 bits per heavy atom. The van der Waals surface area contributed by atoms with E-state index in [-0.39, 0.29) is 12.1 Å². The summed E-state index contributed by atoms with van der Waals surface area (Å²) in [5, 5.41) is 9.19. The van der Waals surface area contributed by atoms with Crippen LogP contribution in [0.3, 0.4) is 0 Å². The summed E-state index contributed by atoms with van der Waals surface area (Å²) in [5.41, 5.74) is -0.535. The highest BCUT2D eigenvalue weighted by atomic mass is 19.1. The predicted octanol–water partition coefficient (Wildman–Crippen LogP) is 2.46. The fraction of sp³-hybridized carbons (Fsp3) is 0.429. The summed E-state index contributed by atoms with van der Waals surface area (Å²) < 4.78 is 13.2. The number of halogens is 1. The summed E-state index contributed by atoms with van der Waals surface area (Å²) >= 11 is 0. The number of carbonyl (C=O) groups excluding carboxylic acids is 1. The minimum absolute atomic E-state index is 0.191. The first-order chi connectivity index (χ1) is 8.71. The number of carboxylic acids is 1. The Hall–Kier alpha value is -1.91. The monoisotopic (exact) mass is 267 g/mol. The van der Waals surface area contributed by atoms with Gasteiger partial charge in [-0.15, -0.1) is 0 Å². The number of likely N-dealkylation sites (N-methyl/N-ethyl adjacent to an activating group) is 1. The third-order valence-electron chi connectivity index (χ3n) is 3.19. The van der Waals surface area contributed by atoms with Gasteiger partial charge in [0.15, 0.2) is 0 Å². The molecule has 1 amide bonds. The van der Waals surface area contributed by atoms with Gasteiger partial charge in [-0.25, -0.2) is 9.18 Å². The normalized spacial score (nSPS) is 11.2. The van der Waals surface area contributed by atoms with Gasteiger partial charge in [0, 0.05) is 12.1 Å². The van der Waals surface area contributed by atoms with Crippen molar-refractivity contribution in [1.29, 1.82) is 0 Å². The smallest absolute Gasteiger partial charge is 0.329 e. The number of carboxylic acid groups (broad SMARTS) is 1. The van der Waals surface area contributed by atoms with Gasteiger partial charge in [0.2, 0.25) is 0 Å². The van der Waals surface area contributed by atoms with E-state index in [1.54, 1.807) is 13.8 Å². The van der Waals surface area contributed by atoms with E-state index < -0.39 is 23.2 Å². The van der Waals surface area contributed by atoms with Crippen LogP contribution >= 0.6 is 0 Å². The van der Waals surface area contributed by atoms with Crippen LogP contribution in [0.25, 0.3) is 0 Å². The van der Waals surface area contributed by atoms with Crippen molar-refractivity contribution < 1.29 is 19.1 Å². The van der Waals surface area contributed by atoms with E-state index in [1.165, 1.54) is 30.9 Å². The van der Waals surface area contributed by atoms with Gasteiger partial charge in [-0.3, -0.25) is 4.79 Å². The van der Waals surface area contributed by atoms with Gasteiger partial charge in [-0.1, -0.05) is 6.07 Å². The Kier molecular flexibility index (Phi) is 4.29. The molecule has 0 saturated heterocycles. The molecule has 1 aromatic rings. The van der Waals surface area contributed by atoms with Crippen molar-refractivity contribution in [2.45, 2.75) is 33.2 Å². The number of hydrogen-bond donors (Lipinski definition) is 1. The third kappa shape index (κ3) is 2.92. The number of carbonyl (C=O) groups is 2. The fourth-order valence-corrected chi connectivity index (χ4v) is 1.88. The number of amides is 1. The zero-order chi connectivity index (χ0) is 14.8. The summed E-state index contributed by atoms with van der Waals surface area (Å²) in [4.78, 5) is 24.9. The number of hydrogen-bond acceptors (Lipinski definition) is 2. The van der Waals surface area contributed by atoms with E-state index in [0.29, 0.717) is 5.56 Å². The molecule has 0 aliphatic rings. The first kappa shape index (κ1) is 15.1. The molecule has 0 spiro atoms. The molecule has 1 aromatic carbocycles. The Morgan fingerprint density at radius 2 is 1.95 bits per heavy atom. The maximum Gasteiger partial charge on any atom is 0.329 e. The summed E-state index contributed by atoms with van der Waals surface area (Å²) in [6, 6.07) is 3.91. The van der Waals surface area contributed by atoms with Crippen molar-refractivity contribution >= 4 is 11.9 Å². The predicted molar refractivity (Wildman–Crippen MR) is 69.6 cm³/mol. The van der Waals surface area contributed by atoms with Gasteiger partial charge in [0.05, 0.1) is 0 Å². The van der Waals surface area contributed by atoms with E-state index in [9.17, 15) is 19.1 Å². The van der Waals surface area contributed by atoms with E-state index in [2.05, 4.69) is 0 Å². The largest absolute Gasteiger partial charge is 0.480 e. The van der Waals surface area contributed by atoms with Gasteiger partial charge < -0.3 is 10.0 Å². The van der Waals surface area contributed by atoms with Crippen LogP contribution in [-0.4, -0.2) is 34.0 Å². The maximum atomic E-state index is 13.2. The first-order valence-electron chi connectivity index (χ1n) is 6.03. The lowest BCUT2D eigenvalue weighted by Crippen LogP contribution is -2.53. The molecule has 1 N–H and O–H groups in total. The lowest BCUT2D eigenvalue weighted by molar-refractivity contribution is -0.147. The lowest BCUT2D eigenvalue weighted by atomic mass is 10.00. The van der Waals surface area contributed by atoms with E-state index in [1.807, 2.05) is 0 Å². The molecule has 0 aliphatic carbocycles. The minimum Gasteiger partial charge on any atom is -0.480 e. The van der Waals surface area contributed by atoms with E-state index >= 15 is 0 Å². The Labute approximate surface area is 111 Å². The molecular weight excluding hydrogens is 249 g/mol. The van der Waals surface area contributed by atoms with Crippen LogP contribution in [-0.2, 0) is 4.79 Å². The lowest BCUT2D eigenvalue weighted by Gasteiger charge is -2.34. The second-order valence-electron chi connectivity index (χ2n) is 4.87. The van der Waals surface area contributed by atoms with Crippen LogP contribution in [0.15, 0.2) is 18.2 Å². The fourth-order valence-electron chi connectivity index (χ4n) is 1.88. The average molecular weight is 267 g/mol. The average Bonchev–Trinajstić information content (AvgIpc) is 2.32. The Bertz CT molecular complexity index is 511. The van der Waals surface area contributed by atoms with Crippen molar-refractivity contribution in [2.75, 3.05) is 6.54 Å². The molecule has 0 radical (unpaired) electrons. The number of benzene rings is 1. The summed E-state index contributed by atoms with van der Waals surface area (Å²) in [5.74, 6) is -2.10. The van der Waals surface area contributed by atoms with Gasteiger partial charge in [0.25, 0.3) is 5.91 Å². The van der Waals surface area contributed by atoms with Crippen molar-refractivity contribution in [3.8, 4) is 0 Å². The molecule has 0 unspecified atom stereocenters. The molecule has 1 rings (SSSR count). The number of aryl methyl sites for hydroxylation is 1. The van der Waals surface area contributed by atoms with Gasteiger partial charge in [-0.05, 0) is 45.4 Å². The zero-order valence-electron chi connectivity index (χ0n) is 11.5. The van der Waals surface area contributed by atoms with Crippen LogP contribution in [0.5, 0.6) is 0 Å². The van der Waals surface area contributed by atoms with E-state index in [0.717, 1.165) is 6.07 Å². The van der Waals surface area contributed by atoms with Crippen LogP contribution in [0.4, 0.5) is 4.39 Å². The topological polar surface area (TPSA) is 57.6 Å². The van der Waals surface area contributed by atoms with Crippen molar-refractivity contribution in [3.05, 3.63) is 35.1 Å². The maximum absolute atomic E-state index is 13.2. The standard InChI is InChI=1S/C14H18FNO3/c1-5-16(14(3,4)13(18)19)12(17)11-8-10(15)7-6-9(11)2/h6-8H,5H2,1-4H3,(H,18,19). The molecule has 5 heteroatoms. The molecular formula is C14H18FNO3. The Morgan fingerprint density at radius 3 is 2.42 bits per heavy atom. The number of nitrogens with zero attached hydrogens (tertiary/aromatic N) is 1. The van der Waals surface area contributed by atoms with Crippen molar-refractivity contribution in [1.82, 2.24) is 4.90 Å². The van der Waals surface area contributed by atoms with Gasteiger partial charge >= 0.3 is 5.97 Å². The first-order valence-corrected chi connectivity index (χ1v) is 6.03. The SMILES string of the molecule is CCN(C(=O)c1cc(F)ccc1C)C(C)(C)C(=O)O. The summed E-state index contributed by atoms with van der Waals surface area (Å²) in [6.07, 6.45) is 0. The van der Waals surface area contributed by atoms with Crippen molar-refractivity contribution in [3.63, 3.8) is 0 Å². The highest BCUT2D eigenvalue weighted by Crippen LogP contribution is 2.20. The summed E-state index contributed by atoms with van der Waals surface area (Å²) in [6.45, 7) is 6.51. The van der Waals surface area contributed by atoms with Crippen LogP contribution in [0, 0.1) is 12.7 Å². The summed E-state index contributed by atoms with van der Waals surface area (Å²) in [7, 11) is 0. The van der Waals surface area contributed by atoms with Crippen LogP contribution in [0.1, 0.15) is 36.7 Å². The molecule has 0 atom stereocenters. The molecule has 104 valence electrons. The van der Waals surface area contributed by atoms with Gasteiger partial charge in [0.1, 0.15) is 11.4 Å². The molecule has 0 aliphatic heterocycles. The number of rotatable bonds is 4. The zero-order valence-corrected chi connectivity index (χ0v) is 11.5. The second-order valence-corrected chi connectivity index (χ2v) is 4.87. The highest BCUT2D eigenvalue weighted by molar-refractivity contribution is 5.98. The molecule has 4 nitrogen and oxygen atoms in total. The molecule has 0 bridgehead atoms. The minimum atomic E-state index is -1.34. The molecule has 0 saturated carbocycles. The molecule has 0 fully saturated rings. The van der Waals surface area contributed by atoms with Crippen LogP contribution in [0.2, 0.25) is 0 Å². The molecule has 0 aromatic heterocycles. The Balaban J connectivity index is 3.23.